The maximum Gasteiger partial charge on any atom is 0.335 e. The minimum absolute atomic E-state index is 0.107. The first-order valence-electron chi connectivity index (χ1n) is 5.89. The van der Waals surface area contributed by atoms with Gasteiger partial charge >= 0.3 is 5.97 Å². The van der Waals surface area contributed by atoms with Crippen LogP contribution in [-0.4, -0.2) is 17.6 Å². The minimum atomic E-state index is -0.899. The summed E-state index contributed by atoms with van der Waals surface area (Å²) < 4.78 is 0. The van der Waals surface area contributed by atoms with Crippen LogP contribution in [0.25, 0.3) is 11.1 Å². The molecule has 0 heterocycles. The average molecular weight is 239 g/mol. The zero-order chi connectivity index (χ0) is 12.7. The molecule has 3 nitrogen and oxygen atoms in total. The fourth-order valence-corrected chi connectivity index (χ4v) is 2.70. The van der Waals surface area contributed by atoms with Crippen molar-refractivity contribution in [3.8, 4) is 11.1 Å². The monoisotopic (exact) mass is 239 g/mol. The van der Waals surface area contributed by atoms with Crippen LogP contribution in [0.5, 0.6) is 0 Å². The molecule has 0 amide bonds. The lowest BCUT2D eigenvalue weighted by molar-refractivity contribution is 0.0697. The second-order valence-corrected chi connectivity index (χ2v) is 4.48. The van der Waals surface area contributed by atoms with E-state index in [1.165, 1.54) is 11.1 Å². The first-order valence-corrected chi connectivity index (χ1v) is 5.89. The predicted molar refractivity (Wildman–Crippen MR) is 69.7 cm³/mol. The van der Waals surface area contributed by atoms with Crippen LogP contribution < -0.4 is 5.73 Å². The van der Waals surface area contributed by atoms with Crippen LogP contribution in [0, 0.1) is 0 Å². The molecule has 3 heteroatoms. The highest BCUT2D eigenvalue weighted by Crippen LogP contribution is 2.44. The van der Waals surface area contributed by atoms with Crippen molar-refractivity contribution in [2.75, 3.05) is 6.54 Å². The molecule has 0 bridgehead atoms. The van der Waals surface area contributed by atoms with Crippen molar-refractivity contribution < 1.29 is 9.90 Å². The Bertz CT molecular complexity index is 634. The molecule has 1 aliphatic rings. The van der Waals surface area contributed by atoms with Gasteiger partial charge in [-0.3, -0.25) is 0 Å². The standard InChI is InChI=1S/C15H13NO2/c16-8-14-11-4-2-1-3-10(11)12-6-5-9(15(17)18)7-13(12)14/h1-7,14H,8,16H2,(H,17,18). The second-order valence-electron chi connectivity index (χ2n) is 4.48. The highest BCUT2D eigenvalue weighted by atomic mass is 16.4. The highest BCUT2D eigenvalue weighted by Gasteiger charge is 2.27. The van der Waals surface area contributed by atoms with E-state index in [-0.39, 0.29) is 5.92 Å². The quantitative estimate of drug-likeness (QED) is 0.846. The smallest absolute Gasteiger partial charge is 0.335 e. The molecule has 2 aromatic rings. The number of fused-ring (bicyclic) bond motifs is 3. The van der Waals surface area contributed by atoms with E-state index >= 15 is 0 Å². The number of hydrogen-bond donors (Lipinski definition) is 2. The highest BCUT2D eigenvalue weighted by molar-refractivity contribution is 5.90. The molecule has 0 saturated heterocycles. The number of hydrogen-bond acceptors (Lipinski definition) is 2. The zero-order valence-corrected chi connectivity index (χ0v) is 9.76. The lowest BCUT2D eigenvalue weighted by Crippen LogP contribution is -2.11. The van der Waals surface area contributed by atoms with Gasteiger partial charge in [0.25, 0.3) is 0 Å². The van der Waals surface area contributed by atoms with E-state index in [2.05, 4.69) is 12.1 Å². The van der Waals surface area contributed by atoms with Crippen molar-refractivity contribution >= 4 is 5.97 Å². The molecule has 0 radical (unpaired) electrons. The van der Waals surface area contributed by atoms with E-state index in [0.717, 1.165) is 11.1 Å². The predicted octanol–water partition coefficient (Wildman–Crippen LogP) is 2.46. The normalized spacial score (nSPS) is 16.2. The van der Waals surface area contributed by atoms with Crippen molar-refractivity contribution in [3.63, 3.8) is 0 Å². The van der Waals surface area contributed by atoms with Crippen molar-refractivity contribution in [2.45, 2.75) is 5.92 Å². The van der Waals surface area contributed by atoms with E-state index in [1.807, 2.05) is 18.2 Å². The van der Waals surface area contributed by atoms with Gasteiger partial charge in [-0.1, -0.05) is 30.3 Å². The Balaban J connectivity index is 2.24. The molecule has 3 N–H and O–H groups in total. The molecular weight excluding hydrogens is 226 g/mol. The van der Waals surface area contributed by atoms with Crippen molar-refractivity contribution in [1.29, 1.82) is 0 Å². The number of carboxylic acid groups (broad SMARTS) is 1. The third-order valence-corrected chi connectivity index (χ3v) is 3.54. The third kappa shape index (κ3) is 1.45. The molecule has 1 aliphatic carbocycles. The van der Waals surface area contributed by atoms with E-state index in [0.29, 0.717) is 12.1 Å². The number of nitrogens with two attached hydrogens (primary N) is 1. The van der Waals surface area contributed by atoms with Gasteiger partial charge in [0.1, 0.15) is 0 Å². The second kappa shape index (κ2) is 3.96. The SMILES string of the molecule is NCC1c2ccccc2-c2ccc(C(=O)O)cc21. The van der Waals surface area contributed by atoms with Gasteiger partial charge < -0.3 is 10.8 Å². The topological polar surface area (TPSA) is 63.3 Å². The van der Waals surface area contributed by atoms with Crippen LogP contribution >= 0.6 is 0 Å². The summed E-state index contributed by atoms with van der Waals surface area (Å²) in [5.41, 5.74) is 10.6. The summed E-state index contributed by atoms with van der Waals surface area (Å²) in [5.74, 6) is -0.792. The van der Waals surface area contributed by atoms with Crippen LogP contribution in [-0.2, 0) is 0 Å². The number of carboxylic acids is 1. The van der Waals surface area contributed by atoms with E-state index in [1.54, 1.807) is 12.1 Å². The summed E-state index contributed by atoms with van der Waals surface area (Å²) in [7, 11) is 0. The number of aromatic carboxylic acids is 1. The Morgan fingerprint density at radius 1 is 1.11 bits per heavy atom. The Morgan fingerprint density at radius 3 is 2.56 bits per heavy atom. The summed E-state index contributed by atoms with van der Waals surface area (Å²) in [5, 5.41) is 9.06. The molecule has 1 unspecified atom stereocenters. The Labute approximate surface area is 105 Å². The molecule has 1 atom stereocenters. The largest absolute Gasteiger partial charge is 0.478 e. The van der Waals surface area contributed by atoms with Gasteiger partial charge in [-0.05, 0) is 34.4 Å². The molecule has 0 saturated carbocycles. The first-order chi connectivity index (χ1) is 8.72. The fraction of sp³-hybridized carbons (Fsp3) is 0.133. The Hall–Kier alpha value is -2.13. The molecule has 3 rings (SSSR count). The number of rotatable bonds is 2. The van der Waals surface area contributed by atoms with Crippen molar-refractivity contribution in [1.82, 2.24) is 0 Å². The van der Waals surface area contributed by atoms with Gasteiger partial charge in [-0.25, -0.2) is 4.79 Å². The zero-order valence-electron chi connectivity index (χ0n) is 9.76. The van der Waals surface area contributed by atoms with E-state index in [4.69, 9.17) is 10.8 Å². The van der Waals surface area contributed by atoms with Gasteiger partial charge in [0.15, 0.2) is 0 Å². The van der Waals surface area contributed by atoms with E-state index < -0.39 is 5.97 Å². The van der Waals surface area contributed by atoms with E-state index in [9.17, 15) is 4.79 Å². The maximum atomic E-state index is 11.0. The van der Waals surface area contributed by atoms with Crippen LogP contribution in [0.1, 0.15) is 27.4 Å². The Kier molecular flexibility index (Phi) is 2.42. The minimum Gasteiger partial charge on any atom is -0.478 e. The van der Waals surface area contributed by atoms with Crippen LogP contribution in [0.3, 0.4) is 0 Å². The Morgan fingerprint density at radius 2 is 1.83 bits per heavy atom. The van der Waals surface area contributed by atoms with Gasteiger partial charge in [0.2, 0.25) is 0 Å². The molecule has 18 heavy (non-hydrogen) atoms. The molecule has 2 aromatic carbocycles. The summed E-state index contributed by atoms with van der Waals surface area (Å²) in [6.45, 7) is 0.493. The lowest BCUT2D eigenvalue weighted by atomic mass is 9.96. The molecule has 0 spiro atoms. The molecule has 90 valence electrons. The van der Waals surface area contributed by atoms with Crippen LogP contribution in [0.15, 0.2) is 42.5 Å². The lowest BCUT2D eigenvalue weighted by Gasteiger charge is -2.10. The maximum absolute atomic E-state index is 11.0. The molecule has 0 aliphatic heterocycles. The van der Waals surface area contributed by atoms with Gasteiger partial charge in [-0.15, -0.1) is 0 Å². The molecule has 0 fully saturated rings. The molecule has 0 aromatic heterocycles. The fourth-order valence-electron chi connectivity index (χ4n) is 2.70. The van der Waals surface area contributed by atoms with Crippen LogP contribution in [0.4, 0.5) is 0 Å². The summed E-state index contributed by atoms with van der Waals surface area (Å²) in [6.07, 6.45) is 0. The first kappa shape index (κ1) is 11.0. The van der Waals surface area contributed by atoms with Gasteiger partial charge in [-0.2, -0.15) is 0 Å². The van der Waals surface area contributed by atoms with Gasteiger partial charge in [0.05, 0.1) is 5.56 Å². The third-order valence-electron chi connectivity index (χ3n) is 3.54. The van der Waals surface area contributed by atoms with Crippen LogP contribution in [0.2, 0.25) is 0 Å². The summed E-state index contributed by atoms with van der Waals surface area (Å²) in [6, 6.07) is 13.4. The van der Waals surface area contributed by atoms with Crippen molar-refractivity contribution in [3.05, 3.63) is 59.2 Å². The average Bonchev–Trinajstić information content (AvgIpc) is 2.71. The van der Waals surface area contributed by atoms with Gasteiger partial charge in [0, 0.05) is 12.5 Å². The summed E-state index contributed by atoms with van der Waals surface area (Å²) in [4.78, 5) is 11.0. The van der Waals surface area contributed by atoms with Crippen molar-refractivity contribution in [2.24, 2.45) is 5.73 Å². The number of benzene rings is 2. The summed E-state index contributed by atoms with van der Waals surface area (Å²) >= 11 is 0. The molecular formula is C15H13NO2. The number of carbonyl (C=O) groups is 1.